The van der Waals surface area contributed by atoms with Crippen molar-refractivity contribution in [2.75, 3.05) is 7.05 Å². The number of benzene rings is 1. The lowest BCUT2D eigenvalue weighted by atomic mass is 10.0. The minimum Gasteiger partial charge on any atom is -0.340 e. The SMILES string of the molecule is CCCC(C#N)C(=O)N(C)Cc1ccccc1C. The zero-order valence-electron chi connectivity index (χ0n) is 11.3. The van der Waals surface area contributed by atoms with Crippen molar-refractivity contribution in [1.29, 1.82) is 5.26 Å². The second-order valence-electron chi connectivity index (χ2n) is 4.59. The van der Waals surface area contributed by atoms with Crippen LogP contribution in [0.2, 0.25) is 0 Å². The Bertz CT molecular complexity index is 448. The Morgan fingerprint density at radius 3 is 2.67 bits per heavy atom. The first kappa shape index (κ1) is 14.2. The summed E-state index contributed by atoms with van der Waals surface area (Å²) in [4.78, 5) is 13.7. The molecule has 1 atom stereocenters. The third-order valence-electron chi connectivity index (χ3n) is 3.08. The van der Waals surface area contributed by atoms with Crippen molar-refractivity contribution in [3.8, 4) is 6.07 Å². The molecule has 0 aliphatic heterocycles. The van der Waals surface area contributed by atoms with Crippen molar-refractivity contribution < 1.29 is 4.79 Å². The quantitative estimate of drug-likeness (QED) is 0.799. The van der Waals surface area contributed by atoms with E-state index in [1.54, 1.807) is 11.9 Å². The standard InChI is InChI=1S/C15H20N2O/c1-4-7-13(10-16)15(18)17(3)11-14-9-6-5-8-12(14)2/h5-6,8-9,13H,4,7,11H2,1-3H3. The molecule has 0 aliphatic rings. The smallest absolute Gasteiger partial charge is 0.239 e. The first-order chi connectivity index (χ1) is 8.60. The molecule has 0 bridgehead atoms. The van der Waals surface area contributed by atoms with E-state index in [1.807, 2.05) is 38.1 Å². The molecule has 0 N–H and O–H groups in total. The lowest BCUT2D eigenvalue weighted by Crippen LogP contribution is -2.32. The van der Waals surface area contributed by atoms with Gasteiger partial charge in [-0.25, -0.2) is 0 Å². The summed E-state index contributed by atoms with van der Waals surface area (Å²) < 4.78 is 0. The monoisotopic (exact) mass is 244 g/mol. The highest BCUT2D eigenvalue weighted by atomic mass is 16.2. The van der Waals surface area contributed by atoms with Gasteiger partial charge in [0.25, 0.3) is 0 Å². The Hall–Kier alpha value is -1.82. The van der Waals surface area contributed by atoms with Gasteiger partial charge in [-0.15, -0.1) is 0 Å². The van der Waals surface area contributed by atoms with Gasteiger partial charge >= 0.3 is 0 Å². The fraction of sp³-hybridized carbons (Fsp3) is 0.467. The Morgan fingerprint density at radius 2 is 2.11 bits per heavy atom. The molecule has 0 fully saturated rings. The van der Waals surface area contributed by atoms with Crippen LogP contribution >= 0.6 is 0 Å². The number of hydrogen-bond donors (Lipinski definition) is 0. The van der Waals surface area contributed by atoms with E-state index >= 15 is 0 Å². The van der Waals surface area contributed by atoms with Gasteiger partial charge in [0.05, 0.1) is 6.07 Å². The molecule has 1 rings (SSSR count). The number of rotatable bonds is 5. The lowest BCUT2D eigenvalue weighted by molar-refractivity contribution is -0.133. The van der Waals surface area contributed by atoms with E-state index in [-0.39, 0.29) is 5.91 Å². The van der Waals surface area contributed by atoms with Gasteiger partial charge in [0, 0.05) is 13.6 Å². The summed E-state index contributed by atoms with van der Waals surface area (Å²) in [5.74, 6) is -0.591. The van der Waals surface area contributed by atoms with Gasteiger partial charge in [-0.2, -0.15) is 5.26 Å². The molecule has 0 aliphatic carbocycles. The first-order valence-electron chi connectivity index (χ1n) is 6.29. The van der Waals surface area contributed by atoms with Gasteiger partial charge in [-0.05, 0) is 24.5 Å². The summed E-state index contributed by atoms with van der Waals surface area (Å²) in [5, 5.41) is 9.00. The molecule has 18 heavy (non-hydrogen) atoms. The third kappa shape index (κ3) is 3.59. The molecule has 1 aromatic carbocycles. The van der Waals surface area contributed by atoms with Crippen molar-refractivity contribution >= 4 is 5.91 Å². The Morgan fingerprint density at radius 1 is 1.44 bits per heavy atom. The minimum atomic E-state index is -0.510. The number of nitriles is 1. The molecule has 3 nitrogen and oxygen atoms in total. The Labute approximate surface area is 109 Å². The summed E-state index contributed by atoms with van der Waals surface area (Å²) in [7, 11) is 1.76. The summed E-state index contributed by atoms with van der Waals surface area (Å²) >= 11 is 0. The van der Waals surface area contributed by atoms with Crippen LogP contribution in [0.15, 0.2) is 24.3 Å². The van der Waals surface area contributed by atoms with Crippen LogP contribution < -0.4 is 0 Å². The topological polar surface area (TPSA) is 44.1 Å². The van der Waals surface area contributed by atoms with Gasteiger partial charge in [-0.1, -0.05) is 37.6 Å². The second kappa shape index (κ2) is 6.80. The largest absolute Gasteiger partial charge is 0.340 e. The van der Waals surface area contributed by atoms with Gasteiger partial charge in [0.15, 0.2) is 0 Å². The molecule has 0 spiro atoms. The van der Waals surface area contributed by atoms with Gasteiger partial charge in [0.2, 0.25) is 5.91 Å². The van der Waals surface area contributed by atoms with Gasteiger partial charge in [-0.3, -0.25) is 4.79 Å². The highest BCUT2D eigenvalue weighted by molar-refractivity contribution is 5.80. The van der Waals surface area contributed by atoms with E-state index < -0.39 is 5.92 Å². The van der Waals surface area contributed by atoms with Crippen LogP contribution in [0.4, 0.5) is 0 Å². The highest BCUT2D eigenvalue weighted by Crippen LogP contribution is 2.13. The average Bonchev–Trinajstić information content (AvgIpc) is 2.37. The highest BCUT2D eigenvalue weighted by Gasteiger charge is 2.21. The number of nitrogens with zero attached hydrogens (tertiary/aromatic N) is 2. The van der Waals surface area contributed by atoms with Crippen LogP contribution in [0.1, 0.15) is 30.9 Å². The Kier molecular flexibility index (Phi) is 5.38. The predicted molar refractivity (Wildman–Crippen MR) is 71.7 cm³/mol. The molecule has 3 heteroatoms. The normalized spacial score (nSPS) is 11.7. The number of amides is 1. The van der Waals surface area contributed by atoms with Crippen LogP contribution in [-0.4, -0.2) is 17.9 Å². The van der Waals surface area contributed by atoms with Crippen molar-refractivity contribution in [2.24, 2.45) is 5.92 Å². The molecule has 0 saturated carbocycles. The Balaban J connectivity index is 2.71. The molecule has 0 saturated heterocycles. The molecule has 1 amide bonds. The molecule has 0 heterocycles. The van der Waals surface area contributed by atoms with E-state index in [9.17, 15) is 4.79 Å². The zero-order valence-corrected chi connectivity index (χ0v) is 11.3. The maximum absolute atomic E-state index is 12.1. The number of aryl methyl sites for hydroxylation is 1. The molecule has 1 unspecified atom stereocenters. The van der Waals surface area contributed by atoms with Crippen molar-refractivity contribution in [1.82, 2.24) is 4.90 Å². The van der Waals surface area contributed by atoms with E-state index in [2.05, 4.69) is 6.07 Å². The van der Waals surface area contributed by atoms with Crippen LogP contribution in [-0.2, 0) is 11.3 Å². The maximum atomic E-state index is 12.1. The number of carbonyl (C=O) groups excluding carboxylic acids is 1. The maximum Gasteiger partial charge on any atom is 0.239 e. The second-order valence-corrected chi connectivity index (χ2v) is 4.59. The van der Waals surface area contributed by atoms with E-state index in [4.69, 9.17) is 5.26 Å². The number of hydrogen-bond acceptors (Lipinski definition) is 2. The lowest BCUT2D eigenvalue weighted by Gasteiger charge is -2.20. The summed E-state index contributed by atoms with van der Waals surface area (Å²) in [6.07, 6.45) is 1.48. The molecule has 0 aromatic heterocycles. The number of carbonyl (C=O) groups is 1. The van der Waals surface area contributed by atoms with E-state index in [0.717, 1.165) is 12.0 Å². The predicted octanol–water partition coefficient (Wildman–Crippen LogP) is 2.89. The fourth-order valence-electron chi connectivity index (χ4n) is 1.92. The van der Waals surface area contributed by atoms with Crippen LogP contribution in [0, 0.1) is 24.2 Å². The van der Waals surface area contributed by atoms with Crippen molar-refractivity contribution in [2.45, 2.75) is 33.2 Å². The van der Waals surface area contributed by atoms with E-state index in [1.165, 1.54) is 5.56 Å². The van der Waals surface area contributed by atoms with E-state index in [0.29, 0.717) is 13.0 Å². The molecule has 0 radical (unpaired) electrons. The third-order valence-corrected chi connectivity index (χ3v) is 3.08. The van der Waals surface area contributed by atoms with Crippen LogP contribution in [0.3, 0.4) is 0 Å². The minimum absolute atomic E-state index is 0.0809. The average molecular weight is 244 g/mol. The fourth-order valence-corrected chi connectivity index (χ4v) is 1.92. The van der Waals surface area contributed by atoms with Gasteiger partial charge in [0.1, 0.15) is 5.92 Å². The van der Waals surface area contributed by atoms with Crippen molar-refractivity contribution in [3.63, 3.8) is 0 Å². The van der Waals surface area contributed by atoms with Crippen LogP contribution in [0.5, 0.6) is 0 Å². The summed E-state index contributed by atoms with van der Waals surface area (Å²) in [6.45, 7) is 4.58. The molecule has 1 aromatic rings. The van der Waals surface area contributed by atoms with Crippen LogP contribution in [0.25, 0.3) is 0 Å². The summed E-state index contributed by atoms with van der Waals surface area (Å²) in [5.41, 5.74) is 2.29. The molecule has 96 valence electrons. The molecular weight excluding hydrogens is 224 g/mol. The van der Waals surface area contributed by atoms with Gasteiger partial charge < -0.3 is 4.90 Å². The first-order valence-corrected chi connectivity index (χ1v) is 6.29. The zero-order chi connectivity index (χ0) is 13.5. The summed E-state index contributed by atoms with van der Waals surface area (Å²) in [6, 6.07) is 10.1. The van der Waals surface area contributed by atoms with Crippen molar-refractivity contribution in [3.05, 3.63) is 35.4 Å². The molecular formula is C15H20N2O.